The normalized spacial score (nSPS) is 31.6. The third-order valence-corrected chi connectivity index (χ3v) is 6.21. The van der Waals surface area contributed by atoms with Crippen molar-refractivity contribution in [2.45, 2.75) is 30.9 Å². The van der Waals surface area contributed by atoms with Crippen LogP contribution in [0.3, 0.4) is 0 Å². The average molecular weight is 332 g/mol. The van der Waals surface area contributed by atoms with Gasteiger partial charge in [0.25, 0.3) is 0 Å². The van der Waals surface area contributed by atoms with Crippen LogP contribution in [-0.2, 0) is 4.74 Å². The zero-order chi connectivity index (χ0) is 14.2. The number of halogens is 2. The van der Waals surface area contributed by atoms with E-state index in [4.69, 9.17) is 33.7 Å². The van der Waals surface area contributed by atoms with Crippen LogP contribution in [0.4, 0.5) is 0 Å². The van der Waals surface area contributed by atoms with E-state index in [0.717, 1.165) is 37.2 Å². The van der Waals surface area contributed by atoms with Gasteiger partial charge in [0.2, 0.25) is 0 Å². The largest absolute Gasteiger partial charge is 0.374 e. The van der Waals surface area contributed by atoms with Crippen molar-refractivity contribution in [3.05, 3.63) is 33.8 Å². The van der Waals surface area contributed by atoms with Gasteiger partial charge in [-0.15, -0.1) is 0 Å². The molecule has 3 rings (SSSR count). The standard InChI is InChI=1S/C15H19Cl2NOS/c16-11-1-2-12(13(17)7-11)14(18)10-3-5-19-15(8-10)4-6-20-9-15/h1-2,7,10,14H,3-6,8-9,18H2. The first-order valence-electron chi connectivity index (χ1n) is 7.02. The summed E-state index contributed by atoms with van der Waals surface area (Å²) in [6, 6.07) is 5.56. The minimum absolute atomic E-state index is 0.0360. The molecule has 110 valence electrons. The van der Waals surface area contributed by atoms with E-state index >= 15 is 0 Å². The maximum absolute atomic E-state index is 6.48. The summed E-state index contributed by atoms with van der Waals surface area (Å²) in [6.45, 7) is 0.810. The second-order valence-electron chi connectivity index (χ2n) is 5.78. The maximum atomic E-state index is 6.48. The van der Waals surface area contributed by atoms with Gasteiger partial charge in [0.1, 0.15) is 0 Å². The first kappa shape index (κ1) is 15.0. The molecule has 0 bridgehead atoms. The summed E-state index contributed by atoms with van der Waals surface area (Å²) in [7, 11) is 0. The first-order valence-corrected chi connectivity index (χ1v) is 8.93. The number of benzene rings is 1. The van der Waals surface area contributed by atoms with Gasteiger partial charge in [-0.05, 0) is 48.6 Å². The van der Waals surface area contributed by atoms with Crippen LogP contribution < -0.4 is 5.73 Å². The summed E-state index contributed by atoms with van der Waals surface area (Å²) in [5, 5.41) is 1.33. The summed E-state index contributed by atoms with van der Waals surface area (Å²) in [4.78, 5) is 0. The Kier molecular flexibility index (Phi) is 4.54. The molecule has 0 aromatic heterocycles. The molecular formula is C15H19Cl2NOS. The number of ether oxygens (including phenoxy) is 1. The molecule has 0 radical (unpaired) electrons. The van der Waals surface area contributed by atoms with Crippen LogP contribution in [0, 0.1) is 5.92 Å². The zero-order valence-corrected chi connectivity index (χ0v) is 13.6. The molecular weight excluding hydrogens is 313 g/mol. The number of rotatable bonds is 2. The van der Waals surface area contributed by atoms with E-state index in [1.807, 2.05) is 23.9 Å². The van der Waals surface area contributed by atoms with Gasteiger partial charge in [0, 0.05) is 28.4 Å². The highest BCUT2D eigenvalue weighted by molar-refractivity contribution is 7.99. The quantitative estimate of drug-likeness (QED) is 0.877. The molecule has 2 heterocycles. The topological polar surface area (TPSA) is 35.2 Å². The molecule has 1 spiro atoms. The van der Waals surface area contributed by atoms with Gasteiger partial charge in [0.15, 0.2) is 0 Å². The van der Waals surface area contributed by atoms with Crippen LogP contribution in [-0.4, -0.2) is 23.7 Å². The second kappa shape index (κ2) is 6.05. The van der Waals surface area contributed by atoms with Crippen LogP contribution in [0.15, 0.2) is 18.2 Å². The van der Waals surface area contributed by atoms with E-state index in [9.17, 15) is 0 Å². The summed E-state index contributed by atoms with van der Waals surface area (Å²) in [5.41, 5.74) is 7.54. The Labute approximate surface area is 134 Å². The Morgan fingerprint density at radius 1 is 1.40 bits per heavy atom. The first-order chi connectivity index (χ1) is 9.60. The molecule has 0 amide bonds. The van der Waals surface area contributed by atoms with Crippen LogP contribution >= 0.6 is 35.0 Å². The molecule has 3 atom stereocenters. The molecule has 2 aliphatic heterocycles. The van der Waals surface area contributed by atoms with Gasteiger partial charge in [-0.3, -0.25) is 0 Å². The predicted molar refractivity (Wildman–Crippen MR) is 86.7 cm³/mol. The van der Waals surface area contributed by atoms with Gasteiger partial charge >= 0.3 is 0 Å². The molecule has 1 aromatic rings. The predicted octanol–water partition coefficient (Wildman–Crippen LogP) is 4.30. The monoisotopic (exact) mass is 331 g/mol. The maximum Gasteiger partial charge on any atom is 0.0783 e. The van der Waals surface area contributed by atoms with Crippen molar-refractivity contribution >= 4 is 35.0 Å². The molecule has 0 saturated carbocycles. The molecule has 2 aliphatic rings. The molecule has 2 saturated heterocycles. The fourth-order valence-electron chi connectivity index (χ4n) is 3.26. The molecule has 5 heteroatoms. The molecule has 1 aromatic carbocycles. The summed E-state index contributed by atoms with van der Waals surface area (Å²) < 4.78 is 6.06. The SMILES string of the molecule is NC(c1ccc(Cl)cc1Cl)C1CCOC2(CCSC2)C1. The van der Waals surface area contributed by atoms with Gasteiger partial charge < -0.3 is 10.5 Å². The second-order valence-corrected chi connectivity index (χ2v) is 7.73. The third kappa shape index (κ3) is 2.97. The van der Waals surface area contributed by atoms with Gasteiger partial charge in [-0.1, -0.05) is 29.3 Å². The third-order valence-electron chi connectivity index (χ3n) is 4.43. The number of hydrogen-bond donors (Lipinski definition) is 1. The Bertz CT molecular complexity index is 491. The molecule has 3 unspecified atom stereocenters. The van der Waals surface area contributed by atoms with E-state index in [-0.39, 0.29) is 11.6 Å². The van der Waals surface area contributed by atoms with Crippen LogP contribution in [0.25, 0.3) is 0 Å². The Morgan fingerprint density at radius 3 is 2.95 bits per heavy atom. The number of nitrogens with two attached hydrogens (primary N) is 1. The van der Waals surface area contributed by atoms with E-state index in [1.165, 1.54) is 5.75 Å². The van der Waals surface area contributed by atoms with Crippen molar-refractivity contribution in [1.29, 1.82) is 0 Å². The minimum Gasteiger partial charge on any atom is -0.374 e. The lowest BCUT2D eigenvalue weighted by Gasteiger charge is -2.40. The lowest BCUT2D eigenvalue weighted by atomic mass is 9.79. The molecule has 0 aliphatic carbocycles. The van der Waals surface area contributed by atoms with Crippen molar-refractivity contribution in [3.63, 3.8) is 0 Å². The van der Waals surface area contributed by atoms with Crippen molar-refractivity contribution < 1.29 is 4.74 Å². The zero-order valence-electron chi connectivity index (χ0n) is 11.3. The van der Waals surface area contributed by atoms with Gasteiger partial charge in [-0.25, -0.2) is 0 Å². The number of thioether (sulfide) groups is 1. The van der Waals surface area contributed by atoms with Crippen molar-refractivity contribution in [1.82, 2.24) is 0 Å². The fraction of sp³-hybridized carbons (Fsp3) is 0.600. The smallest absolute Gasteiger partial charge is 0.0783 e. The van der Waals surface area contributed by atoms with Crippen LogP contribution in [0.5, 0.6) is 0 Å². The van der Waals surface area contributed by atoms with Crippen molar-refractivity contribution in [3.8, 4) is 0 Å². The average Bonchev–Trinajstić information content (AvgIpc) is 2.86. The summed E-state index contributed by atoms with van der Waals surface area (Å²) in [6.07, 6.45) is 3.20. The molecule has 2 nitrogen and oxygen atoms in total. The van der Waals surface area contributed by atoms with Crippen LogP contribution in [0.2, 0.25) is 10.0 Å². The Balaban J connectivity index is 1.77. The lowest BCUT2D eigenvalue weighted by Crippen LogP contribution is -2.42. The molecule has 2 N–H and O–H groups in total. The highest BCUT2D eigenvalue weighted by Gasteiger charge is 2.42. The van der Waals surface area contributed by atoms with Crippen LogP contribution in [0.1, 0.15) is 30.9 Å². The Hall–Kier alpha value is 0.0700. The Morgan fingerprint density at radius 2 is 2.25 bits per heavy atom. The molecule has 2 fully saturated rings. The van der Waals surface area contributed by atoms with Crippen molar-refractivity contribution in [2.24, 2.45) is 11.7 Å². The highest BCUT2D eigenvalue weighted by Crippen LogP contribution is 2.44. The van der Waals surface area contributed by atoms with E-state index in [0.29, 0.717) is 16.0 Å². The van der Waals surface area contributed by atoms with E-state index in [2.05, 4.69) is 0 Å². The summed E-state index contributed by atoms with van der Waals surface area (Å²) >= 11 is 14.2. The number of hydrogen-bond acceptors (Lipinski definition) is 3. The summed E-state index contributed by atoms with van der Waals surface area (Å²) in [5.74, 6) is 2.73. The lowest BCUT2D eigenvalue weighted by molar-refractivity contribution is -0.0834. The molecule has 20 heavy (non-hydrogen) atoms. The van der Waals surface area contributed by atoms with Gasteiger partial charge in [-0.2, -0.15) is 11.8 Å². The highest BCUT2D eigenvalue weighted by atomic mass is 35.5. The van der Waals surface area contributed by atoms with E-state index < -0.39 is 0 Å². The fourth-order valence-corrected chi connectivity index (χ4v) is 5.17. The minimum atomic E-state index is -0.0360. The van der Waals surface area contributed by atoms with Gasteiger partial charge in [0.05, 0.1) is 5.60 Å². The van der Waals surface area contributed by atoms with Crippen molar-refractivity contribution in [2.75, 3.05) is 18.1 Å². The van der Waals surface area contributed by atoms with E-state index in [1.54, 1.807) is 6.07 Å².